The molecule has 0 bridgehead atoms. The van der Waals surface area contributed by atoms with Crippen molar-refractivity contribution in [2.45, 2.75) is 0 Å². The van der Waals surface area contributed by atoms with Gasteiger partial charge in [-0.1, -0.05) is 36.4 Å². The Kier molecular flexibility index (Phi) is 6.31. The van der Waals surface area contributed by atoms with Gasteiger partial charge in [0, 0.05) is 0 Å². The van der Waals surface area contributed by atoms with Gasteiger partial charge in [-0.2, -0.15) is 9.97 Å². The molecule has 4 aromatic rings. The molecule has 1 amide bonds. The normalized spacial score (nSPS) is 10.4. The zero-order valence-corrected chi connectivity index (χ0v) is 17.8. The fourth-order valence-corrected chi connectivity index (χ4v) is 3.05. The number of hydrogen-bond acceptors (Lipinski definition) is 10. The molecule has 0 aliphatic carbocycles. The standard InChI is InChI=1S/C24H17N5O6/c30-16-10-4-1-7-13(16)19(33)21-25-22(20(34)14-8-2-5-11-17(14)31)27-24(26-21)29-28-23(35)15-9-3-6-12-18(15)32/h1-12,30-32H,(H,28,35)(H,25,26,27,29). The Balaban J connectivity index is 1.71. The van der Waals surface area contributed by atoms with E-state index < -0.39 is 29.1 Å². The van der Waals surface area contributed by atoms with Crippen molar-refractivity contribution in [1.29, 1.82) is 0 Å². The smallest absolute Gasteiger partial charge is 0.273 e. The number of nitrogens with zero attached hydrogens (tertiary/aromatic N) is 3. The Morgan fingerprint density at radius 3 is 1.40 bits per heavy atom. The van der Waals surface area contributed by atoms with Gasteiger partial charge in [-0.3, -0.25) is 25.2 Å². The molecule has 0 saturated heterocycles. The lowest BCUT2D eigenvalue weighted by molar-refractivity contribution is 0.0958. The molecule has 1 aromatic heterocycles. The number of amides is 1. The molecule has 0 saturated carbocycles. The number of phenolic OH excluding ortho intramolecular Hbond substituents is 3. The highest BCUT2D eigenvalue weighted by molar-refractivity contribution is 6.11. The summed E-state index contributed by atoms with van der Waals surface area (Å²) < 4.78 is 0. The third-order valence-corrected chi connectivity index (χ3v) is 4.78. The minimum Gasteiger partial charge on any atom is -0.507 e. The van der Waals surface area contributed by atoms with Crippen LogP contribution in [-0.4, -0.2) is 47.7 Å². The number of hydrogen-bond donors (Lipinski definition) is 5. The van der Waals surface area contributed by atoms with Gasteiger partial charge < -0.3 is 15.3 Å². The Bertz CT molecular complexity index is 1380. The number of benzene rings is 3. The van der Waals surface area contributed by atoms with Crippen molar-refractivity contribution >= 4 is 23.4 Å². The fourth-order valence-electron chi connectivity index (χ4n) is 3.05. The van der Waals surface area contributed by atoms with Gasteiger partial charge in [-0.05, 0) is 36.4 Å². The van der Waals surface area contributed by atoms with E-state index in [4.69, 9.17) is 0 Å². The molecule has 3 aromatic carbocycles. The number of carbonyl (C=O) groups is 3. The molecule has 0 unspecified atom stereocenters. The minimum absolute atomic E-state index is 0.0509. The molecular formula is C24H17N5O6. The Morgan fingerprint density at radius 2 is 0.971 bits per heavy atom. The molecule has 174 valence electrons. The van der Waals surface area contributed by atoms with E-state index in [0.29, 0.717) is 0 Å². The van der Waals surface area contributed by atoms with Gasteiger partial charge in [0.2, 0.25) is 29.2 Å². The second-order valence-electron chi connectivity index (χ2n) is 7.10. The average Bonchev–Trinajstić information content (AvgIpc) is 2.87. The van der Waals surface area contributed by atoms with E-state index in [1.807, 2.05) is 0 Å². The van der Waals surface area contributed by atoms with E-state index in [-0.39, 0.29) is 39.9 Å². The van der Waals surface area contributed by atoms with Crippen LogP contribution in [-0.2, 0) is 0 Å². The summed E-state index contributed by atoms with van der Waals surface area (Å²) in [7, 11) is 0. The number of rotatable bonds is 7. The van der Waals surface area contributed by atoms with Gasteiger partial charge in [0.1, 0.15) is 17.2 Å². The zero-order chi connectivity index (χ0) is 24.9. The van der Waals surface area contributed by atoms with Crippen LogP contribution >= 0.6 is 0 Å². The first-order valence-corrected chi connectivity index (χ1v) is 10.1. The van der Waals surface area contributed by atoms with Crippen LogP contribution in [0.4, 0.5) is 5.95 Å². The minimum atomic E-state index is -0.813. The maximum Gasteiger partial charge on any atom is 0.273 e. The predicted molar refractivity (Wildman–Crippen MR) is 122 cm³/mol. The maximum absolute atomic E-state index is 13.0. The van der Waals surface area contributed by atoms with Crippen molar-refractivity contribution in [3.8, 4) is 17.2 Å². The Hall–Kier alpha value is -5.32. The van der Waals surface area contributed by atoms with E-state index >= 15 is 0 Å². The van der Waals surface area contributed by atoms with Crippen LogP contribution in [0.25, 0.3) is 0 Å². The van der Waals surface area contributed by atoms with Gasteiger partial charge in [0.05, 0.1) is 16.7 Å². The van der Waals surface area contributed by atoms with Crippen molar-refractivity contribution in [2.75, 3.05) is 5.43 Å². The number of para-hydroxylation sites is 3. The quantitative estimate of drug-likeness (QED) is 0.198. The second-order valence-corrected chi connectivity index (χ2v) is 7.10. The molecule has 1 heterocycles. The third-order valence-electron chi connectivity index (χ3n) is 4.78. The molecule has 11 nitrogen and oxygen atoms in total. The first kappa shape index (κ1) is 22.9. The number of anilines is 1. The fraction of sp³-hybridized carbons (Fsp3) is 0. The van der Waals surface area contributed by atoms with E-state index in [2.05, 4.69) is 25.8 Å². The number of phenols is 3. The SMILES string of the molecule is O=C(NNc1nc(C(=O)c2ccccc2O)nc(C(=O)c2ccccc2O)n1)c1ccccc1O. The summed E-state index contributed by atoms with van der Waals surface area (Å²) in [5.41, 5.74) is 4.36. The largest absolute Gasteiger partial charge is 0.507 e. The maximum atomic E-state index is 13.0. The molecule has 11 heteroatoms. The van der Waals surface area contributed by atoms with Crippen molar-refractivity contribution < 1.29 is 29.7 Å². The summed E-state index contributed by atoms with van der Waals surface area (Å²) in [5, 5.41) is 29.9. The summed E-state index contributed by atoms with van der Waals surface area (Å²) in [6.45, 7) is 0. The summed E-state index contributed by atoms with van der Waals surface area (Å²) >= 11 is 0. The van der Waals surface area contributed by atoms with Gasteiger partial charge >= 0.3 is 0 Å². The van der Waals surface area contributed by atoms with Crippen molar-refractivity contribution in [2.24, 2.45) is 0 Å². The van der Waals surface area contributed by atoms with Crippen LogP contribution in [0.15, 0.2) is 72.8 Å². The predicted octanol–water partition coefficient (Wildman–Crippen LogP) is 2.21. The molecule has 0 atom stereocenters. The van der Waals surface area contributed by atoms with Crippen LogP contribution in [0.1, 0.15) is 42.7 Å². The molecule has 4 rings (SSSR count). The number of carbonyl (C=O) groups excluding carboxylic acids is 3. The number of ketones is 2. The van der Waals surface area contributed by atoms with Gasteiger partial charge in [0.15, 0.2) is 0 Å². The van der Waals surface area contributed by atoms with Crippen molar-refractivity contribution in [1.82, 2.24) is 20.4 Å². The van der Waals surface area contributed by atoms with Crippen molar-refractivity contribution in [3.63, 3.8) is 0 Å². The van der Waals surface area contributed by atoms with Gasteiger partial charge in [-0.15, -0.1) is 0 Å². The molecule has 35 heavy (non-hydrogen) atoms. The molecule has 5 N–H and O–H groups in total. The highest BCUT2D eigenvalue weighted by atomic mass is 16.3. The lowest BCUT2D eigenvalue weighted by atomic mass is 10.1. The van der Waals surface area contributed by atoms with Crippen molar-refractivity contribution in [3.05, 3.63) is 101 Å². The van der Waals surface area contributed by atoms with Crippen LogP contribution in [0.3, 0.4) is 0 Å². The molecular weight excluding hydrogens is 454 g/mol. The molecule has 0 fully saturated rings. The topological polar surface area (TPSA) is 175 Å². The van der Waals surface area contributed by atoms with Crippen LogP contribution < -0.4 is 10.9 Å². The first-order chi connectivity index (χ1) is 16.8. The molecule has 0 aliphatic heterocycles. The van der Waals surface area contributed by atoms with Crippen LogP contribution in [0, 0.1) is 0 Å². The molecule has 0 radical (unpaired) electrons. The van der Waals surface area contributed by atoms with Crippen LogP contribution in [0.2, 0.25) is 0 Å². The van der Waals surface area contributed by atoms with E-state index in [1.165, 1.54) is 60.7 Å². The molecule has 0 spiro atoms. The summed E-state index contributed by atoms with van der Waals surface area (Å²) in [5.74, 6) is -4.67. The Morgan fingerprint density at radius 1 is 0.571 bits per heavy atom. The number of aromatic hydroxyl groups is 3. The van der Waals surface area contributed by atoms with Crippen LogP contribution in [0.5, 0.6) is 17.2 Å². The number of aromatic nitrogens is 3. The first-order valence-electron chi connectivity index (χ1n) is 10.1. The van der Waals surface area contributed by atoms with E-state index in [0.717, 1.165) is 0 Å². The zero-order valence-electron chi connectivity index (χ0n) is 17.8. The lowest BCUT2D eigenvalue weighted by Gasteiger charge is -2.11. The third kappa shape index (κ3) is 4.88. The molecule has 0 aliphatic rings. The summed E-state index contributed by atoms with van der Waals surface area (Å²) in [6, 6.07) is 17.2. The van der Waals surface area contributed by atoms with Gasteiger partial charge in [-0.25, -0.2) is 4.98 Å². The number of hydrazine groups is 1. The second kappa shape index (κ2) is 9.67. The van der Waals surface area contributed by atoms with E-state index in [1.54, 1.807) is 12.1 Å². The highest BCUT2D eigenvalue weighted by Gasteiger charge is 2.23. The summed E-state index contributed by atoms with van der Waals surface area (Å²) in [6.07, 6.45) is 0. The van der Waals surface area contributed by atoms with Gasteiger partial charge in [0.25, 0.3) is 5.91 Å². The monoisotopic (exact) mass is 471 g/mol. The lowest BCUT2D eigenvalue weighted by Crippen LogP contribution is -2.31. The highest BCUT2D eigenvalue weighted by Crippen LogP contribution is 2.21. The number of nitrogens with one attached hydrogen (secondary N) is 2. The Labute approximate surface area is 197 Å². The summed E-state index contributed by atoms with van der Waals surface area (Å²) in [4.78, 5) is 50.2. The average molecular weight is 471 g/mol. The van der Waals surface area contributed by atoms with E-state index in [9.17, 15) is 29.7 Å².